The van der Waals surface area contributed by atoms with Crippen LogP contribution in [0.25, 0.3) is 0 Å². The van der Waals surface area contributed by atoms with E-state index in [2.05, 4.69) is 5.32 Å². The second-order valence-electron chi connectivity index (χ2n) is 4.73. The number of ether oxygens (including phenoxy) is 1. The molecule has 4 nitrogen and oxygen atoms in total. The smallest absolute Gasteiger partial charge is 0.193 e. The van der Waals surface area contributed by atoms with Gasteiger partial charge in [-0.05, 0) is 12.8 Å². The molecule has 0 aromatic rings. The van der Waals surface area contributed by atoms with E-state index in [0.717, 1.165) is 25.7 Å². The quantitative estimate of drug-likeness (QED) is 0.567. The summed E-state index contributed by atoms with van der Waals surface area (Å²) in [5.41, 5.74) is -1.19. The van der Waals surface area contributed by atoms with Gasteiger partial charge in [0.1, 0.15) is 0 Å². The first-order valence-corrected chi connectivity index (χ1v) is 6.14. The molecule has 0 aromatic heterocycles. The highest BCUT2D eigenvalue weighted by Crippen LogP contribution is 2.29. The van der Waals surface area contributed by atoms with Crippen LogP contribution in [0.3, 0.4) is 0 Å². The maximum Gasteiger partial charge on any atom is 0.193 e. The number of Topliss-reactive ketones (excluding diaryl/α,β-unsaturated/α-hetero) is 1. The fraction of sp³-hybridized carbons (Fsp3) is 0.833. The number of hydrogen-bond acceptors (Lipinski definition) is 4. The predicted molar refractivity (Wildman–Crippen MR) is 59.2 cm³/mol. The van der Waals surface area contributed by atoms with Gasteiger partial charge in [-0.15, -0.1) is 0 Å². The molecule has 1 saturated carbocycles. The van der Waals surface area contributed by atoms with Gasteiger partial charge in [0.25, 0.3) is 0 Å². The largest absolute Gasteiger partial charge is 0.357 e. The zero-order valence-corrected chi connectivity index (χ0v) is 9.54. The lowest BCUT2D eigenvalue weighted by Gasteiger charge is -2.35. The van der Waals surface area contributed by atoms with Crippen LogP contribution in [-0.4, -0.2) is 37.4 Å². The fourth-order valence-electron chi connectivity index (χ4n) is 2.63. The van der Waals surface area contributed by atoms with Gasteiger partial charge in [-0.3, -0.25) is 9.59 Å². The highest BCUT2D eigenvalue weighted by atomic mass is 16.5. The van der Waals surface area contributed by atoms with Crippen molar-refractivity contribution in [3.05, 3.63) is 0 Å². The third kappa shape index (κ3) is 2.18. The summed E-state index contributed by atoms with van der Waals surface area (Å²) >= 11 is 0. The number of hydrogen-bond donors (Lipinski definition) is 1. The topological polar surface area (TPSA) is 55.4 Å². The first-order chi connectivity index (χ1) is 7.78. The zero-order chi connectivity index (χ0) is 11.4. The molecular weight excluding hydrogens is 206 g/mol. The summed E-state index contributed by atoms with van der Waals surface area (Å²) in [6, 6.07) is 0. The van der Waals surface area contributed by atoms with E-state index in [1.807, 2.05) is 0 Å². The second-order valence-corrected chi connectivity index (χ2v) is 4.73. The van der Waals surface area contributed by atoms with Crippen molar-refractivity contribution in [1.29, 1.82) is 0 Å². The lowest BCUT2D eigenvalue weighted by molar-refractivity contribution is -0.157. The van der Waals surface area contributed by atoms with Crippen LogP contribution in [-0.2, 0) is 14.3 Å². The van der Waals surface area contributed by atoms with Gasteiger partial charge in [-0.2, -0.15) is 0 Å². The molecule has 2 aliphatic rings. The molecule has 16 heavy (non-hydrogen) atoms. The lowest BCUT2D eigenvalue weighted by Crippen LogP contribution is -2.58. The van der Waals surface area contributed by atoms with E-state index < -0.39 is 5.60 Å². The highest BCUT2D eigenvalue weighted by molar-refractivity contribution is 6.03. The van der Waals surface area contributed by atoms with Crippen LogP contribution < -0.4 is 5.32 Å². The van der Waals surface area contributed by atoms with Crippen LogP contribution in [0.4, 0.5) is 0 Å². The predicted octanol–water partition coefficient (Wildman–Crippen LogP) is 0.693. The molecule has 1 atom stereocenters. The van der Waals surface area contributed by atoms with Crippen LogP contribution in [0.1, 0.15) is 32.1 Å². The number of carbonyl (C=O) groups is 2. The second kappa shape index (κ2) is 5.06. The molecule has 90 valence electrons. The summed E-state index contributed by atoms with van der Waals surface area (Å²) in [6.45, 7) is 1.50. The molecule has 0 radical (unpaired) electrons. The van der Waals surface area contributed by atoms with E-state index in [1.165, 1.54) is 6.42 Å². The van der Waals surface area contributed by atoms with Gasteiger partial charge in [0.05, 0.1) is 6.61 Å². The Morgan fingerprint density at radius 1 is 1.31 bits per heavy atom. The lowest BCUT2D eigenvalue weighted by atomic mass is 9.79. The van der Waals surface area contributed by atoms with Gasteiger partial charge >= 0.3 is 0 Å². The van der Waals surface area contributed by atoms with E-state index in [4.69, 9.17) is 4.74 Å². The molecule has 2 rings (SSSR count). The normalized spacial score (nSPS) is 32.2. The Kier molecular flexibility index (Phi) is 3.71. The SMILES string of the molecule is O=CC1(C(=O)C2CCCCC2)CNCCO1. The van der Waals surface area contributed by atoms with Crippen molar-refractivity contribution in [3.63, 3.8) is 0 Å². The molecule has 1 aliphatic carbocycles. The average Bonchev–Trinajstić information content (AvgIpc) is 2.39. The van der Waals surface area contributed by atoms with Gasteiger partial charge in [-0.25, -0.2) is 0 Å². The van der Waals surface area contributed by atoms with Crippen LogP contribution in [0.2, 0.25) is 0 Å². The Bertz CT molecular complexity index is 265. The number of rotatable bonds is 3. The Balaban J connectivity index is 2.07. The third-order valence-corrected chi connectivity index (χ3v) is 3.61. The highest BCUT2D eigenvalue weighted by Gasteiger charge is 2.44. The number of ketones is 1. The number of nitrogens with one attached hydrogen (secondary N) is 1. The van der Waals surface area contributed by atoms with Gasteiger partial charge < -0.3 is 10.1 Å². The summed E-state index contributed by atoms with van der Waals surface area (Å²) in [7, 11) is 0. The van der Waals surface area contributed by atoms with Crippen molar-refractivity contribution in [2.45, 2.75) is 37.7 Å². The third-order valence-electron chi connectivity index (χ3n) is 3.61. The van der Waals surface area contributed by atoms with Crippen LogP contribution >= 0.6 is 0 Å². The minimum absolute atomic E-state index is 0.00519. The monoisotopic (exact) mass is 225 g/mol. The Morgan fingerprint density at radius 2 is 2.06 bits per heavy atom. The molecule has 0 spiro atoms. The fourth-order valence-corrected chi connectivity index (χ4v) is 2.63. The summed E-state index contributed by atoms with van der Waals surface area (Å²) in [5, 5.41) is 3.07. The number of morpholine rings is 1. The van der Waals surface area contributed by atoms with Gasteiger partial charge in [0, 0.05) is 19.0 Å². The van der Waals surface area contributed by atoms with E-state index in [0.29, 0.717) is 26.0 Å². The van der Waals surface area contributed by atoms with Gasteiger partial charge in [0.2, 0.25) is 0 Å². The van der Waals surface area contributed by atoms with E-state index >= 15 is 0 Å². The summed E-state index contributed by atoms with van der Waals surface area (Å²) in [5.74, 6) is 0.0215. The standard InChI is InChI=1S/C12H19NO3/c14-9-12(8-13-6-7-16-12)11(15)10-4-2-1-3-5-10/h9-10,13H,1-8H2. The van der Waals surface area contributed by atoms with Crippen LogP contribution in [0.15, 0.2) is 0 Å². The van der Waals surface area contributed by atoms with Crippen LogP contribution in [0, 0.1) is 5.92 Å². The van der Waals surface area contributed by atoms with Crippen molar-refractivity contribution in [2.24, 2.45) is 5.92 Å². The Hall–Kier alpha value is -0.740. The summed E-state index contributed by atoms with van der Waals surface area (Å²) in [4.78, 5) is 23.5. The minimum Gasteiger partial charge on any atom is -0.357 e. The molecule has 4 heteroatoms. The first-order valence-electron chi connectivity index (χ1n) is 6.14. The number of aldehydes is 1. The molecule has 1 heterocycles. The molecule has 1 aliphatic heterocycles. The van der Waals surface area contributed by atoms with Crippen molar-refractivity contribution in [3.8, 4) is 0 Å². The summed E-state index contributed by atoms with van der Waals surface area (Å²) in [6.07, 6.45) is 5.92. The minimum atomic E-state index is -1.19. The van der Waals surface area contributed by atoms with E-state index in [1.54, 1.807) is 0 Å². The van der Waals surface area contributed by atoms with Gasteiger partial charge in [0.15, 0.2) is 17.7 Å². The van der Waals surface area contributed by atoms with E-state index in [9.17, 15) is 9.59 Å². The van der Waals surface area contributed by atoms with Crippen molar-refractivity contribution < 1.29 is 14.3 Å². The number of carbonyl (C=O) groups excluding carboxylic acids is 2. The molecule has 1 N–H and O–H groups in total. The van der Waals surface area contributed by atoms with Crippen molar-refractivity contribution >= 4 is 12.1 Å². The molecule has 0 amide bonds. The Labute approximate surface area is 95.7 Å². The molecule has 2 fully saturated rings. The van der Waals surface area contributed by atoms with Crippen molar-refractivity contribution in [1.82, 2.24) is 5.32 Å². The summed E-state index contributed by atoms with van der Waals surface area (Å²) < 4.78 is 5.45. The molecular formula is C12H19NO3. The Morgan fingerprint density at radius 3 is 2.62 bits per heavy atom. The maximum atomic E-state index is 12.3. The molecule has 0 bridgehead atoms. The van der Waals surface area contributed by atoms with Crippen LogP contribution in [0.5, 0.6) is 0 Å². The molecule has 0 aromatic carbocycles. The first kappa shape index (κ1) is 11.7. The average molecular weight is 225 g/mol. The van der Waals surface area contributed by atoms with Gasteiger partial charge in [-0.1, -0.05) is 19.3 Å². The molecule has 1 unspecified atom stereocenters. The maximum absolute atomic E-state index is 12.3. The van der Waals surface area contributed by atoms with Crippen molar-refractivity contribution in [2.75, 3.05) is 19.7 Å². The zero-order valence-electron chi connectivity index (χ0n) is 9.54. The van der Waals surface area contributed by atoms with E-state index in [-0.39, 0.29) is 11.7 Å². The molecule has 1 saturated heterocycles.